The standard InChI is InChI=1S/C13H24N2O3.ClH/c1-11(18-10-12-4-2-9-17-12)13(16)15-7-3-5-14-6-8-15;/h11-12,14H,2-10H2,1H3;1H. The van der Waals surface area contributed by atoms with Crippen LogP contribution in [0.2, 0.25) is 0 Å². The Kier molecular flexibility index (Phi) is 7.68. The lowest BCUT2D eigenvalue weighted by molar-refractivity contribution is -0.144. The fraction of sp³-hybridized carbons (Fsp3) is 0.923. The Bertz CT molecular complexity index is 265. The third-order valence-electron chi connectivity index (χ3n) is 3.56. The highest BCUT2D eigenvalue weighted by molar-refractivity contribution is 5.85. The molecule has 2 fully saturated rings. The van der Waals surface area contributed by atoms with Gasteiger partial charge in [0.25, 0.3) is 5.91 Å². The predicted molar refractivity (Wildman–Crippen MR) is 75.7 cm³/mol. The number of ether oxygens (including phenoxy) is 2. The van der Waals surface area contributed by atoms with Gasteiger partial charge in [-0.1, -0.05) is 0 Å². The minimum absolute atomic E-state index is 0. The van der Waals surface area contributed by atoms with Crippen molar-refractivity contribution in [2.45, 2.75) is 38.4 Å². The Hall–Kier alpha value is -0.360. The Morgan fingerprint density at radius 2 is 2.26 bits per heavy atom. The van der Waals surface area contributed by atoms with Crippen molar-refractivity contribution in [3.05, 3.63) is 0 Å². The van der Waals surface area contributed by atoms with Crippen molar-refractivity contribution >= 4 is 18.3 Å². The zero-order valence-corrected chi connectivity index (χ0v) is 12.4. The Labute approximate surface area is 121 Å². The van der Waals surface area contributed by atoms with Crippen LogP contribution in [0.1, 0.15) is 26.2 Å². The number of hydrogen-bond donors (Lipinski definition) is 1. The Balaban J connectivity index is 0.00000180. The van der Waals surface area contributed by atoms with Crippen molar-refractivity contribution in [2.24, 2.45) is 0 Å². The minimum Gasteiger partial charge on any atom is -0.376 e. The van der Waals surface area contributed by atoms with Crippen LogP contribution in [-0.4, -0.2) is 62.4 Å². The van der Waals surface area contributed by atoms with E-state index in [9.17, 15) is 4.79 Å². The SMILES string of the molecule is CC(OCC1CCCO1)C(=O)N1CCCNCC1.Cl. The molecule has 19 heavy (non-hydrogen) atoms. The smallest absolute Gasteiger partial charge is 0.251 e. The van der Waals surface area contributed by atoms with Gasteiger partial charge in [-0.2, -0.15) is 0 Å². The zero-order chi connectivity index (χ0) is 12.8. The summed E-state index contributed by atoms with van der Waals surface area (Å²) in [5.41, 5.74) is 0. The molecular weight excluding hydrogens is 268 g/mol. The summed E-state index contributed by atoms with van der Waals surface area (Å²) in [4.78, 5) is 14.1. The fourth-order valence-electron chi connectivity index (χ4n) is 2.42. The normalized spacial score (nSPS) is 25.5. The number of rotatable bonds is 4. The average molecular weight is 293 g/mol. The number of nitrogens with zero attached hydrogens (tertiary/aromatic N) is 1. The van der Waals surface area contributed by atoms with Gasteiger partial charge in [-0.05, 0) is 32.7 Å². The molecule has 0 spiro atoms. The Morgan fingerprint density at radius 1 is 1.42 bits per heavy atom. The second-order valence-corrected chi connectivity index (χ2v) is 5.04. The van der Waals surface area contributed by atoms with E-state index in [2.05, 4.69) is 5.32 Å². The van der Waals surface area contributed by atoms with Crippen LogP contribution in [-0.2, 0) is 14.3 Å². The molecule has 2 aliphatic rings. The molecule has 5 nitrogen and oxygen atoms in total. The summed E-state index contributed by atoms with van der Waals surface area (Å²) in [7, 11) is 0. The van der Waals surface area contributed by atoms with E-state index in [0.717, 1.165) is 52.0 Å². The summed E-state index contributed by atoms with van der Waals surface area (Å²) in [5.74, 6) is 0.108. The summed E-state index contributed by atoms with van der Waals surface area (Å²) in [5, 5.41) is 3.29. The molecule has 6 heteroatoms. The maximum atomic E-state index is 12.2. The molecule has 0 aromatic heterocycles. The van der Waals surface area contributed by atoms with Crippen LogP contribution in [0.3, 0.4) is 0 Å². The summed E-state index contributed by atoms with van der Waals surface area (Å²) < 4.78 is 11.1. The average Bonchev–Trinajstić information content (AvgIpc) is 2.75. The lowest BCUT2D eigenvalue weighted by Gasteiger charge is -2.24. The number of nitrogens with one attached hydrogen (secondary N) is 1. The molecule has 2 rings (SSSR count). The summed E-state index contributed by atoms with van der Waals surface area (Å²) in [6.45, 7) is 6.70. The first kappa shape index (κ1) is 16.7. The predicted octanol–water partition coefficient (Wildman–Crippen LogP) is 0.814. The highest BCUT2D eigenvalue weighted by atomic mass is 35.5. The molecule has 2 saturated heterocycles. The third kappa shape index (κ3) is 5.26. The van der Waals surface area contributed by atoms with E-state index in [0.29, 0.717) is 6.61 Å². The first-order valence-electron chi connectivity index (χ1n) is 7.00. The van der Waals surface area contributed by atoms with Gasteiger partial charge < -0.3 is 19.7 Å². The lowest BCUT2D eigenvalue weighted by Crippen LogP contribution is -2.41. The quantitative estimate of drug-likeness (QED) is 0.833. The van der Waals surface area contributed by atoms with E-state index >= 15 is 0 Å². The number of amides is 1. The van der Waals surface area contributed by atoms with Crippen LogP contribution >= 0.6 is 12.4 Å². The lowest BCUT2D eigenvalue weighted by atomic mass is 10.2. The molecule has 0 bridgehead atoms. The topological polar surface area (TPSA) is 50.8 Å². The van der Waals surface area contributed by atoms with Crippen molar-refractivity contribution in [2.75, 3.05) is 39.4 Å². The van der Waals surface area contributed by atoms with Gasteiger partial charge in [0, 0.05) is 26.2 Å². The van der Waals surface area contributed by atoms with E-state index in [1.54, 1.807) is 0 Å². The first-order chi connectivity index (χ1) is 8.77. The highest BCUT2D eigenvalue weighted by Crippen LogP contribution is 2.13. The Morgan fingerprint density at radius 3 is 3.00 bits per heavy atom. The molecule has 2 aliphatic heterocycles. The highest BCUT2D eigenvalue weighted by Gasteiger charge is 2.24. The van der Waals surface area contributed by atoms with Crippen molar-refractivity contribution in [3.63, 3.8) is 0 Å². The molecule has 2 unspecified atom stereocenters. The monoisotopic (exact) mass is 292 g/mol. The van der Waals surface area contributed by atoms with Gasteiger partial charge in [0.15, 0.2) is 0 Å². The van der Waals surface area contributed by atoms with Crippen molar-refractivity contribution < 1.29 is 14.3 Å². The number of carbonyl (C=O) groups excluding carboxylic acids is 1. The van der Waals surface area contributed by atoms with E-state index in [1.165, 1.54) is 0 Å². The number of halogens is 1. The minimum atomic E-state index is -0.354. The van der Waals surface area contributed by atoms with Crippen LogP contribution in [0, 0.1) is 0 Å². The van der Waals surface area contributed by atoms with Crippen LogP contribution in [0.4, 0.5) is 0 Å². The van der Waals surface area contributed by atoms with Gasteiger partial charge in [0.2, 0.25) is 0 Å². The number of hydrogen-bond acceptors (Lipinski definition) is 4. The fourth-order valence-corrected chi connectivity index (χ4v) is 2.42. The molecule has 2 atom stereocenters. The molecule has 0 aromatic rings. The van der Waals surface area contributed by atoms with Crippen LogP contribution in [0.15, 0.2) is 0 Å². The molecule has 1 N–H and O–H groups in total. The third-order valence-corrected chi connectivity index (χ3v) is 3.56. The van der Waals surface area contributed by atoms with Crippen LogP contribution in [0.25, 0.3) is 0 Å². The molecule has 112 valence electrons. The maximum Gasteiger partial charge on any atom is 0.251 e. The maximum absolute atomic E-state index is 12.2. The van der Waals surface area contributed by atoms with Crippen LogP contribution < -0.4 is 5.32 Å². The second-order valence-electron chi connectivity index (χ2n) is 5.04. The summed E-state index contributed by atoms with van der Waals surface area (Å²) >= 11 is 0. The summed E-state index contributed by atoms with van der Waals surface area (Å²) in [6.07, 6.45) is 3.01. The first-order valence-corrected chi connectivity index (χ1v) is 7.00. The van der Waals surface area contributed by atoms with Gasteiger partial charge in [-0.25, -0.2) is 0 Å². The van der Waals surface area contributed by atoms with Gasteiger partial charge in [-0.3, -0.25) is 4.79 Å². The molecule has 2 heterocycles. The van der Waals surface area contributed by atoms with Gasteiger partial charge >= 0.3 is 0 Å². The zero-order valence-electron chi connectivity index (χ0n) is 11.6. The molecule has 0 aromatic carbocycles. The molecule has 1 amide bonds. The van der Waals surface area contributed by atoms with E-state index in [-0.39, 0.29) is 30.5 Å². The molecule has 0 saturated carbocycles. The largest absolute Gasteiger partial charge is 0.376 e. The van der Waals surface area contributed by atoms with Gasteiger partial charge in [0.05, 0.1) is 12.7 Å². The van der Waals surface area contributed by atoms with E-state index in [4.69, 9.17) is 9.47 Å². The van der Waals surface area contributed by atoms with Gasteiger partial charge in [-0.15, -0.1) is 12.4 Å². The second kappa shape index (κ2) is 8.74. The summed E-state index contributed by atoms with van der Waals surface area (Å²) in [6, 6.07) is 0. The van der Waals surface area contributed by atoms with E-state index < -0.39 is 0 Å². The van der Waals surface area contributed by atoms with Crippen LogP contribution in [0.5, 0.6) is 0 Å². The van der Waals surface area contributed by atoms with Crippen molar-refractivity contribution in [1.82, 2.24) is 10.2 Å². The van der Waals surface area contributed by atoms with E-state index in [1.807, 2.05) is 11.8 Å². The molecule has 0 radical (unpaired) electrons. The molecule has 0 aliphatic carbocycles. The van der Waals surface area contributed by atoms with Crippen molar-refractivity contribution in [1.29, 1.82) is 0 Å². The molecular formula is C13H25ClN2O3. The van der Waals surface area contributed by atoms with Gasteiger partial charge in [0.1, 0.15) is 6.10 Å². The van der Waals surface area contributed by atoms with Crippen molar-refractivity contribution in [3.8, 4) is 0 Å². The number of carbonyl (C=O) groups is 1.